The fourth-order valence-electron chi connectivity index (χ4n) is 3.62. The largest absolute Gasteiger partial charge is 0.494 e. The fourth-order valence-corrected chi connectivity index (χ4v) is 3.81. The molecule has 158 valence electrons. The van der Waals surface area contributed by atoms with Crippen LogP contribution in [0.5, 0.6) is 5.75 Å². The lowest BCUT2D eigenvalue weighted by Crippen LogP contribution is -2.55. The molecule has 6 nitrogen and oxygen atoms in total. The van der Waals surface area contributed by atoms with Crippen molar-refractivity contribution >= 4 is 11.6 Å². The van der Waals surface area contributed by atoms with E-state index >= 15 is 0 Å². The molecule has 0 radical (unpaired) electrons. The summed E-state index contributed by atoms with van der Waals surface area (Å²) in [7, 11) is 1.47. The Kier molecular flexibility index (Phi) is 7.16. The summed E-state index contributed by atoms with van der Waals surface area (Å²) in [5.41, 5.74) is 2.59. The van der Waals surface area contributed by atoms with Crippen LogP contribution >= 0.6 is 11.6 Å². The van der Waals surface area contributed by atoms with E-state index in [9.17, 15) is 15.3 Å². The normalized spacial score (nSPS) is 27.0. The molecule has 7 heteroatoms. The summed E-state index contributed by atoms with van der Waals surface area (Å²) in [5, 5.41) is 30.4. The minimum atomic E-state index is -1.29. The number of methoxy groups -OCH3 is 1. The molecule has 0 aliphatic carbocycles. The monoisotopic (exact) mass is 422 g/mol. The number of halogens is 1. The van der Waals surface area contributed by atoms with Crippen LogP contribution in [0.25, 0.3) is 0 Å². The summed E-state index contributed by atoms with van der Waals surface area (Å²) in [6, 6.07) is 13.2. The van der Waals surface area contributed by atoms with Gasteiger partial charge in [0.2, 0.25) is 0 Å². The molecule has 2 aromatic carbocycles. The third-order valence-electron chi connectivity index (χ3n) is 5.22. The maximum atomic E-state index is 10.3. The molecular formula is C22H27ClO6. The van der Waals surface area contributed by atoms with Gasteiger partial charge in [0.25, 0.3) is 0 Å². The number of hydrogen-bond acceptors (Lipinski definition) is 6. The highest BCUT2D eigenvalue weighted by molar-refractivity contribution is 6.31. The molecule has 2 aromatic rings. The van der Waals surface area contributed by atoms with Crippen LogP contribution < -0.4 is 4.74 Å². The van der Waals surface area contributed by atoms with E-state index in [0.29, 0.717) is 23.6 Å². The molecule has 1 heterocycles. The van der Waals surface area contributed by atoms with Gasteiger partial charge >= 0.3 is 0 Å². The van der Waals surface area contributed by atoms with Crippen molar-refractivity contribution in [3.8, 4) is 5.75 Å². The number of benzene rings is 2. The second-order valence-electron chi connectivity index (χ2n) is 7.12. The number of rotatable bonds is 7. The van der Waals surface area contributed by atoms with Crippen LogP contribution in [0.1, 0.15) is 30.0 Å². The van der Waals surface area contributed by atoms with E-state index in [1.165, 1.54) is 7.11 Å². The SMILES string of the molecule is CCOc1ccc(Cc2cc([C@@]3(OC)C[C@@H](O)[C@H](O)[C@@H](CO)O3)ccc2Cl)cc1. The summed E-state index contributed by atoms with van der Waals surface area (Å²) in [6.07, 6.45) is -2.60. The van der Waals surface area contributed by atoms with E-state index < -0.39 is 30.7 Å². The van der Waals surface area contributed by atoms with Gasteiger partial charge < -0.3 is 29.5 Å². The first kappa shape index (κ1) is 22.0. The van der Waals surface area contributed by atoms with Gasteiger partial charge in [-0.25, -0.2) is 0 Å². The predicted octanol–water partition coefficient (Wildman–Crippen LogP) is 2.63. The highest BCUT2D eigenvalue weighted by Gasteiger charge is 2.47. The van der Waals surface area contributed by atoms with Gasteiger partial charge in [-0.1, -0.05) is 29.8 Å². The number of hydrogen-bond donors (Lipinski definition) is 3. The smallest absolute Gasteiger partial charge is 0.197 e. The average Bonchev–Trinajstić information content (AvgIpc) is 2.73. The van der Waals surface area contributed by atoms with Gasteiger partial charge in [0.05, 0.1) is 19.3 Å². The highest BCUT2D eigenvalue weighted by Crippen LogP contribution is 2.40. The molecule has 0 aromatic heterocycles. The van der Waals surface area contributed by atoms with Gasteiger partial charge in [0.15, 0.2) is 5.79 Å². The van der Waals surface area contributed by atoms with Crippen molar-refractivity contribution in [2.45, 2.75) is 43.9 Å². The van der Waals surface area contributed by atoms with Crippen molar-refractivity contribution in [2.24, 2.45) is 0 Å². The molecule has 1 aliphatic rings. The van der Waals surface area contributed by atoms with Gasteiger partial charge in [-0.2, -0.15) is 0 Å². The van der Waals surface area contributed by atoms with Crippen LogP contribution in [-0.4, -0.2) is 54.0 Å². The Morgan fingerprint density at radius 1 is 1.17 bits per heavy atom. The number of aliphatic hydroxyl groups is 3. The summed E-state index contributed by atoms with van der Waals surface area (Å²) >= 11 is 6.43. The van der Waals surface area contributed by atoms with Gasteiger partial charge in [0.1, 0.15) is 18.0 Å². The van der Waals surface area contributed by atoms with Crippen LogP contribution in [0.4, 0.5) is 0 Å². The Balaban J connectivity index is 1.89. The molecule has 1 aliphatic heterocycles. The van der Waals surface area contributed by atoms with Crippen molar-refractivity contribution in [2.75, 3.05) is 20.3 Å². The van der Waals surface area contributed by atoms with Crippen molar-refractivity contribution in [1.82, 2.24) is 0 Å². The zero-order chi connectivity index (χ0) is 21.0. The second-order valence-corrected chi connectivity index (χ2v) is 7.53. The van der Waals surface area contributed by atoms with Crippen molar-refractivity contribution in [3.63, 3.8) is 0 Å². The minimum absolute atomic E-state index is 0.0330. The lowest BCUT2D eigenvalue weighted by molar-refractivity contribution is -0.323. The van der Waals surface area contributed by atoms with Crippen LogP contribution in [-0.2, 0) is 21.7 Å². The third kappa shape index (κ3) is 4.74. The van der Waals surface area contributed by atoms with E-state index in [1.807, 2.05) is 37.3 Å². The van der Waals surface area contributed by atoms with Gasteiger partial charge in [-0.15, -0.1) is 0 Å². The van der Waals surface area contributed by atoms with E-state index in [-0.39, 0.29) is 6.42 Å². The first-order valence-corrected chi connectivity index (χ1v) is 10.0. The topological polar surface area (TPSA) is 88.4 Å². The van der Waals surface area contributed by atoms with Gasteiger partial charge in [0, 0.05) is 24.1 Å². The number of ether oxygens (including phenoxy) is 3. The van der Waals surface area contributed by atoms with Crippen molar-refractivity contribution in [3.05, 3.63) is 64.2 Å². The molecule has 29 heavy (non-hydrogen) atoms. The van der Waals surface area contributed by atoms with E-state index in [2.05, 4.69) is 0 Å². The maximum absolute atomic E-state index is 10.3. The Hall–Kier alpha value is -1.67. The van der Waals surface area contributed by atoms with E-state index in [4.69, 9.17) is 25.8 Å². The molecule has 4 atom stereocenters. The lowest BCUT2D eigenvalue weighted by Gasteiger charge is -2.44. The Morgan fingerprint density at radius 2 is 1.90 bits per heavy atom. The van der Waals surface area contributed by atoms with Crippen LogP contribution in [0.15, 0.2) is 42.5 Å². The molecule has 1 saturated heterocycles. The molecule has 0 unspecified atom stereocenters. The molecule has 0 amide bonds. The first-order chi connectivity index (χ1) is 13.9. The van der Waals surface area contributed by atoms with Crippen molar-refractivity contribution < 1.29 is 29.5 Å². The molecular weight excluding hydrogens is 396 g/mol. The van der Waals surface area contributed by atoms with Crippen LogP contribution in [0.3, 0.4) is 0 Å². The molecule has 0 saturated carbocycles. The van der Waals surface area contributed by atoms with Crippen LogP contribution in [0, 0.1) is 0 Å². The zero-order valence-electron chi connectivity index (χ0n) is 16.5. The molecule has 3 rings (SSSR count). The first-order valence-electron chi connectivity index (χ1n) is 9.63. The molecule has 0 spiro atoms. The summed E-state index contributed by atoms with van der Waals surface area (Å²) in [6.45, 7) is 2.12. The molecule has 0 bridgehead atoms. The molecule has 3 N–H and O–H groups in total. The summed E-state index contributed by atoms with van der Waals surface area (Å²) in [4.78, 5) is 0. The average molecular weight is 423 g/mol. The second kappa shape index (κ2) is 9.43. The zero-order valence-corrected chi connectivity index (χ0v) is 17.3. The predicted molar refractivity (Wildman–Crippen MR) is 109 cm³/mol. The van der Waals surface area contributed by atoms with E-state index in [1.54, 1.807) is 12.1 Å². The summed E-state index contributed by atoms with van der Waals surface area (Å²) < 4.78 is 17.0. The van der Waals surface area contributed by atoms with Crippen molar-refractivity contribution in [1.29, 1.82) is 0 Å². The standard InChI is InChI=1S/C22H27ClO6/c1-3-28-17-7-4-14(5-8-17)10-15-11-16(6-9-18(15)23)22(27-2)12-19(25)21(26)20(13-24)29-22/h4-9,11,19-21,24-26H,3,10,12-13H2,1-2H3/t19-,20-,21+,22-/m1/s1. The lowest BCUT2D eigenvalue weighted by atomic mass is 9.89. The third-order valence-corrected chi connectivity index (χ3v) is 5.59. The summed E-state index contributed by atoms with van der Waals surface area (Å²) in [5.74, 6) is -0.475. The van der Waals surface area contributed by atoms with E-state index in [0.717, 1.165) is 16.9 Å². The maximum Gasteiger partial charge on any atom is 0.197 e. The highest BCUT2D eigenvalue weighted by atomic mass is 35.5. The minimum Gasteiger partial charge on any atom is -0.494 e. The quantitative estimate of drug-likeness (QED) is 0.635. The Labute approximate surface area is 175 Å². The van der Waals surface area contributed by atoms with Crippen LogP contribution in [0.2, 0.25) is 5.02 Å². The Bertz CT molecular complexity index is 811. The van der Waals surface area contributed by atoms with Gasteiger partial charge in [-0.3, -0.25) is 0 Å². The fraction of sp³-hybridized carbons (Fsp3) is 0.455. The Morgan fingerprint density at radius 3 is 2.52 bits per heavy atom. The molecule has 1 fully saturated rings. The van der Waals surface area contributed by atoms with Gasteiger partial charge in [-0.05, 0) is 48.7 Å². The number of aliphatic hydroxyl groups excluding tert-OH is 3.